The topological polar surface area (TPSA) is 79.4 Å². The van der Waals surface area contributed by atoms with E-state index in [0.717, 1.165) is 25.0 Å². The average molecular weight is 377 g/mol. The molecule has 9 heteroatoms. The Labute approximate surface area is 155 Å². The summed E-state index contributed by atoms with van der Waals surface area (Å²) in [6, 6.07) is 5.11. The number of carbonyl (C=O) groups excluding carboxylic acids is 1. The molecule has 1 aromatic carbocycles. The predicted octanol–water partition coefficient (Wildman–Crippen LogP) is 3.53. The van der Waals surface area contributed by atoms with Gasteiger partial charge in [0.25, 0.3) is 0 Å². The van der Waals surface area contributed by atoms with E-state index in [2.05, 4.69) is 20.6 Å². The Morgan fingerprint density at radius 1 is 1.30 bits per heavy atom. The second-order valence-electron chi connectivity index (χ2n) is 6.12. The maximum atomic E-state index is 13.8. The zero-order chi connectivity index (χ0) is 19.2. The molecule has 2 aromatic rings. The highest BCUT2D eigenvalue weighted by molar-refractivity contribution is 5.67. The number of anilines is 3. The molecule has 2 N–H and O–H groups in total. The Bertz CT molecular complexity index is 797. The molecule has 0 aliphatic carbocycles. The molecule has 0 radical (unpaired) electrons. The summed E-state index contributed by atoms with van der Waals surface area (Å²) in [7, 11) is 0. The van der Waals surface area contributed by atoms with Crippen LogP contribution in [-0.4, -0.2) is 46.7 Å². The normalized spacial score (nSPS) is 14.7. The first-order chi connectivity index (χ1) is 13.0. The van der Waals surface area contributed by atoms with Crippen LogP contribution in [0.3, 0.4) is 0 Å². The van der Waals surface area contributed by atoms with E-state index in [4.69, 9.17) is 4.74 Å². The van der Waals surface area contributed by atoms with Crippen molar-refractivity contribution in [3.8, 4) is 0 Å². The molecule has 7 nitrogen and oxygen atoms in total. The Morgan fingerprint density at radius 3 is 2.78 bits per heavy atom. The van der Waals surface area contributed by atoms with Crippen LogP contribution in [-0.2, 0) is 4.74 Å². The van der Waals surface area contributed by atoms with Crippen molar-refractivity contribution < 1.29 is 18.3 Å². The molecule has 0 bridgehead atoms. The summed E-state index contributed by atoms with van der Waals surface area (Å²) < 4.78 is 31.7. The van der Waals surface area contributed by atoms with Gasteiger partial charge in [-0.25, -0.2) is 18.6 Å². The molecule has 0 saturated carbocycles. The zero-order valence-corrected chi connectivity index (χ0v) is 14.9. The van der Waals surface area contributed by atoms with Crippen molar-refractivity contribution in [1.29, 1.82) is 0 Å². The standard InChI is InChI=1S/C18H21F2N5O2/c1-2-27-18(26)25-9-6-13(7-10-25)22-16-5-8-21-17(24-16)23-15-4-3-12(19)11-14(15)20/h3-5,8,11,13H,2,6-7,9-10H2,1H3,(H2,21,22,23,24). The van der Waals surface area contributed by atoms with Crippen LogP contribution in [0.25, 0.3) is 0 Å². The lowest BCUT2D eigenvalue weighted by molar-refractivity contribution is 0.0983. The molecule has 0 unspecified atom stereocenters. The van der Waals surface area contributed by atoms with Gasteiger partial charge in [-0.1, -0.05) is 0 Å². The fraction of sp³-hybridized carbons (Fsp3) is 0.389. The number of piperidine rings is 1. The van der Waals surface area contributed by atoms with E-state index >= 15 is 0 Å². The largest absolute Gasteiger partial charge is 0.450 e. The molecule has 0 spiro atoms. The number of halogens is 2. The van der Waals surface area contributed by atoms with Gasteiger partial charge in [0, 0.05) is 31.4 Å². The minimum Gasteiger partial charge on any atom is -0.450 e. The fourth-order valence-corrected chi connectivity index (χ4v) is 2.84. The Morgan fingerprint density at radius 2 is 2.07 bits per heavy atom. The van der Waals surface area contributed by atoms with E-state index in [1.54, 1.807) is 24.1 Å². The van der Waals surface area contributed by atoms with Gasteiger partial charge >= 0.3 is 6.09 Å². The van der Waals surface area contributed by atoms with E-state index in [9.17, 15) is 13.6 Å². The van der Waals surface area contributed by atoms with Crippen molar-refractivity contribution in [2.45, 2.75) is 25.8 Å². The van der Waals surface area contributed by atoms with Gasteiger partial charge in [-0.05, 0) is 38.0 Å². The van der Waals surface area contributed by atoms with Crippen LogP contribution in [0.5, 0.6) is 0 Å². The zero-order valence-electron chi connectivity index (χ0n) is 14.9. The molecule has 1 aliphatic rings. The number of aromatic nitrogens is 2. The Hall–Kier alpha value is -2.97. The lowest BCUT2D eigenvalue weighted by Crippen LogP contribution is -2.42. The number of hydrogen-bond donors (Lipinski definition) is 2. The maximum absolute atomic E-state index is 13.8. The number of rotatable bonds is 5. The summed E-state index contributed by atoms with van der Waals surface area (Å²) >= 11 is 0. The smallest absolute Gasteiger partial charge is 0.409 e. The predicted molar refractivity (Wildman–Crippen MR) is 96.9 cm³/mol. The van der Waals surface area contributed by atoms with Crippen molar-refractivity contribution in [3.05, 3.63) is 42.1 Å². The van der Waals surface area contributed by atoms with Crippen LogP contribution in [0.15, 0.2) is 30.5 Å². The summed E-state index contributed by atoms with van der Waals surface area (Å²) in [4.78, 5) is 21.8. The van der Waals surface area contributed by atoms with Gasteiger partial charge in [0.15, 0.2) is 0 Å². The first-order valence-corrected chi connectivity index (χ1v) is 8.78. The minimum atomic E-state index is -0.719. The average Bonchev–Trinajstić information content (AvgIpc) is 2.65. The summed E-state index contributed by atoms with van der Waals surface area (Å²) in [5.41, 5.74) is 0.0938. The summed E-state index contributed by atoms with van der Waals surface area (Å²) in [6.45, 7) is 3.36. The van der Waals surface area contributed by atoms with Crippen molar-refractivity contribution in [2.75, 3.05) is 30.3 Å². The quantitative estimate of drug-likeness (QED) is 0.830. The highest BCUT2D eigenvalue weighted by Gasteiger charge is 2.23. The lowest BCUT2D eigenvalue weighted by Gasteiger charge is -2.31. The van der Waals surface area contributed by atoms with Crippen molar-refractivity contribution in [1.82, 2.24) is 14.9 Å². The second kappa shape index (κ2) is 8.61. The molecule has 1 aliphatic heterocycles. The molecular formula is C18H21F2N5O2. The number of benzene rings is 1. The number of nitrogens with one attached hydrogen (secondary N) is 2. The fourth-order valence-electron chi connectivity index (χ4n) is 2.84. The van der Waals surface area contributed by atoms with E-state index in [0.29, 0.717) is 25.5 Å². The van der Waals surface area contributed by atoms with Crippen LogP contribution < -0.4 is 10.6 Å². The highest BCUT2D eigenvalue weighted by atomic mass is 19.1. The molecule has 1 aromatic heterocycles. The molecule has 144 valence electrons. The summed E-state index contributed by atoms with van der Waals surface area (Å²) in [5, 5.41) is 6.04. The van der Waals surface area contributed by atoms with Crippen LogP contribution in [0, 0.1) is 11.6 Å². The van der Waals surface area contributed by atoms with Gasteiger partial charge < -0.3 is 20.3 Å². The molecule has 1 fully saturated rings. The Kier molecular flexibility index (Phi) is 6.00. The maximum Gasteiger partial charge on any atom is 0.409 e. The summed E-state index contributed by atoms with van der Waals surface area (Å²) in [5.74, 6) is -0.578. The van der Waals surface area contributed by atoms with Crippen LogP contribution in [0.1, 0.15) is 19.8 Å². The van der Waals surface area contributed by atoms with Crippen LogP contribution in [0.4, 0.5) is 31.0 Å². The number of hydrogen-bond acceptors (Lipinski definition) is 6. The van der Waals surface area contributed by atoms with E-state index in [1.807, 2.05) is 0 Å². The van der Waals surface area contributed by atoms with E-state index in [-0.39, 0.29) is 23.8 Å². The Balaban J connectivity index is 1.57. The number of carbonyl (C=O) groups is 1. The SMILES string of the molecule is CCOC(=O)N1CCC(Nc2ccnc(Nc3ccc(F)cc3F)n2)CC1. The third-order valence-electron chi connectivity index (χ3n) is 4.21. The van der Waals surface area contributed by atoms with Gasteiger partial charge in [-0.15, -0.1) is 0 Å². The molecule has 3 rings (SSSR count). The molecule has 0 atom stereocenters. The van der Waals surface area contributed by atoms with Crippen molar-refractivity contribution >= 4 is 23.5 Å². The third-order valence-corrected chi connectivity index (χ3v) is 4.21. The van der Waals surface area contributed by atoms with Gasteiger partial charge in [-0.2, -0.15) is 4.98 Å². The van der Waals surface area contributed by atoms with Crippen LogP contribution >= 0.6 is 0 Å². The van der Waals surface area contributed by atoms with Gasteiger partial charge in [-0.3, -0.25) is 0 Å². The number of likely N-dealkylation sites (tertiary alicyclic amines) is 1. The molecule has 1 amide bonds. The molecule has 27 heavy (non-hydrogen) atoms. The van der Waals surface area contributed by atoms with E-state index < -0.39 is 11.6 Å². The van der Waals surface area contributed by atoms with Gasteiger partial charge in [0.2, 0.25) is 5.95 Å². The summed E-state index contributed by atoms with van der Waals surface area (Å²) in [6.07, 6.45) is 2.79. The van der Waals surface area contributed by atoms with Crippen LogP contribution in [0.2, 0.25) is 0 Å². The second-order valence-corrected chi connectivity index (χ2v) is 6.12. The number of ether oxygens (including phenoxy) is 1. The monoisotopic (exact) mass is 377 g/mol. The van der Waals surface area contributed by atoms with Crippen molar-refractivity contribution in [3.63, 3.8) is 0 Å². The number of amides is 1. The van der Waals surface area contributed by atoms with E-state index in [1.165, 1.54) is 6.07 Å². The first-order valence-electron chi connectivity index (χ1n) is 8.78. The third kappa shape index (κ3) is 5.02. The molecule has 1 saturated heterocycles. The van der Waals surface area contributed by atoms with Gasteiger partial charge in [0.05, 0.1) is 12.3 Å². The highest BCUT2D eigenvalue weighted by Crippen LogP contribution is 2.20. The first kappa shape index (κ1) is 18.8. The number of nitrogens with zero attached hydrogens (tertiary/aromatic N) is 3. The lowest BCUT2D eigenvalue weighted by atomic mass is 10.1. The minimum absolute atomic E-state index is 0.0938. The van der Waals surface area contributed by atoms with Gasteiger partial charge in [0.1, 0.15) is 17.5 Å². The molecule has 2 heterocycles. The van der Waals surface area contributed by atoms with Crippen molar-refractivity contribution in [2.24, 2.45) is 0 Å². The molecular weight excluding hydrogens is 356 g/mol.